The van der Waals surface area contributed by atoms with Crippen LogP contribution in [0.4, 0.5) is 0 Å². The fourth-order valence-corrected chi connectivity index (χ4v) is 5.00. The molecule has 22 heavy (non-hydrogen) atoms. The van der Waals surface area contributed by atoms with Gasteiger partial charge in [0.05, 0.1) is 5.92 Å². The Bertz CT molecular complexity index is 541. The number of nitrogens with zero attached hydrogens (tertiary/aromatic N) is 2. The van der Waals surface area contributed by atoms with E-state index in [1.807, 2.05) is 70.7 Å². The lowest BCUT2D eigenvalue weighted by Gasteiger charge is -2.33. The molecule has 0 N–H and O–H groups in total. The molecule has 0 bridgehead atoms. The second-order valence-electron chi connectivity index (χ2n) is 5.50. The molecule has 118 valence electrons. The molecule has 1 aliphatic carbocycles. The van der Waals surface area contributed by atoms with Gasteiger partial charge in [-0.15, -0.1) is 0 Å². The van der Waals surface area contributed by atoms with Crippen molar-refractivity contribution in [1.82, 2.24) is 8.61 Å². The Balaban J connectivity index is 2.16. The van der Waals surface area contributed by atoms with E-state index in [0.29, 0.717) is 0 Å². The van der Waals surface area contributed by atoms with Crippen molar-refractivity contribution in [1.29, 1.82) is 0 Å². The van der Waals surface area contributed by atoms with Crippen molar-refractivity contribution in [3.63, 3.8) is 0 Å². The molecule has 2 rings (SSSR count). The topological polar surface area (TPSA) is 23.6 Å². The normalized spacial score (nSPS) is 17.4. The van der Waals surface area contributed by atoms with E-state index in [2.05, 4.69) is 20.8 Å². The maximum absolute atomic E-state index is 12.5. The zero-order valence-electron chi connectivity index (χ0n) is 13.4. The summed E-state index contributed by atoms with van der Waals surface area (Å²) in [5.41, 5.74) is 0.759. The van der Waals surface area contributed by atoms with Gasteiger partial charge in [0, 0.05) is 5.56 Å². The highest BCUT2D eigenvalue weighted by Crippen LogP contribution is 2.44. The maximum atomic E-state index is 12.5. The average molecular weight is 335 g/mol. The van der Waals surface area contributed by atoms with Gasteiger partial charge in [-0.25, -0.2) is 0 Å². The van der Waals surface area contributed by atoms with Crippen LogP contribution in [0.15, 0.2) is 54.6 Å². The molecule has 5 heteroatoms. The molecule has 0 unspecified atom stereocenters. The molecule has 0 radical (unpaired) electrons. The van der Waals surface area contributed by atoms with Gasteiger partial charge in [-0.05, 0) is 28.2 Å². The molecule has 0 fully saturated rings. The number of carbonyl (C=O) groups excluding carboxylic acids is 1. The molecule has 0 heterocycles. The molecule has 1 aromatic rings. The van der Waals surface area contributed by atoms with Crippen LogP contribution < -0.4 is 0 Å². The summed E-state index contributed by atoms with van der Waals surface area (Å²) in [6, 6.07) is 9.47. The molecule has 1 aromatic carbocycles. The van der Waals surface area contributed by atoms with Crippen molar-refractivity contribution in [2.24, 2.45) is 5.92 Å². The van der Waals surface area contributed by atoms with E-state index in [0.717, 1.165) is 5.56 Å². The molecular formula is C17H22N2OS2. The lowest BCUT2D eigenvalue weighted by atomic mass is 9.93. The number of carbonyl (C=O) groups is 1. The summed E-state index contributed by atoms with van der Waals surface area (Å²) in [5.74, 6) is -0.0348. The Morgan fingerprint density at radius 2 is 1.45 bits per heavy atom. The number of Topliss-reactive ketones (excluding diaryl/α,β-unsaturated/α-hetero) is 1. The molecule has 0 aliphatic heterocycles. The summed E-state index contributed by atoms with van der Waals surface area (Å²) in [5, 5.41) is 0. The van der Waals surface area contributed by atoms with Gasteiger partial charge in [0.1, 0.15) is 4.08 Å². The predicted molar refractivity (Wildman–Crippen MR) is 97.8 cm³/mol. The molecule has 0 spiro atoms. The minimum absolute atomic E-state index is 0.145. The Kier molecular flexibility index (Phi) is 5.92. The lowest BCUT2D eigenvalue weighted by molar-refractivity contribution is 0.0964. The van der Waals surface area contributed by atoms with Crippen LogP contribution >= 0.6 is 23.9 Å². The molecule has 0 saturated carbocycles. The first-order valence-electron chi connectivity index (χ1n) is 7.13. The highest BCUT2D eigenvalue weighted by molar-refractivity contribution is 8.16. The van der Waals surface area contributed by atoms with Gasteiger partial charge in [0.25, 0.3) is 0 Å². The fraction of sp³-hybridized carbons (Fsp3) is 0.353. The van der Waals surface area contributed by atoms with E-state index in [4.69, 9.17) is 0 Å². The van der Waals surface area contributed by atoms with E-state index < -0.39 is 0 Å². The van der Waals surface area contributed by atoms with E-state index >= 15 is 0 Å². The number of rotatable bonds is 6. The van der Waals surface area contributed by atoms with Gasteiger partial charge in [0.15, 0.2) is 5.78 Å². The standard InChI is InChI=1S/C17H22N2OS2/c1-18(2)21-17(22-19(3)4)12-10-15(11-13-17)16(20)14-8-6-5-7-9-14/h5-13,15H,1-4H3. The fourth-order valence-electron chi connectivity index (χ4n) is 2.27. The Morgan fingerprint density at radius 1 is 0.955 bits per heavy atom. The van der Waals surface area contributed by atoms with Crippen molar-refractivity contribution in [3.8, 4) is 0 Å². The van der Waals surface area contributed by atoms with E-state index in [1.54, 1.807) is 23.9 Å². The van der Waals surface area contributed by atoms with Gasteiger partial charge < -0.3 is 0 Å². The quantitative estimate of drug-likeness (QED) is 0.341. The zero-order chi connectivity index (χ0) is 16.2. The van der Waals surface area contributed by atoms with Crippen LogP contribution in [0.5, 0.6) is 0 Å². The number of hydrogen-bond acceptors (Lipinski definition) is 5. The molecule has 0 atom stereocenters. The van der Waals surface area contributed by atoms with Gasteiger partial charge in [-0.3, -0.25) is 13.4 Å². The van der Waals surface area contributed by atoms with E-state index in [1.165, 1.54) is 0 Å². The van der Waals surface area contributed by atoms with Gasteiger partial charge >= 0.3 is 0 Å². The van der Waals surface area contributed by atoms with Gasteiger partial charge in [-0.1, -0.05) is 78.5 Å². The highest BCUT2D eigenvalue weighted by atomic mass is 32.2. The monoisotopic (exact) mass is 334 g/mol. The Morgan fingerprint density at radius 3 is 1.91 bits per heavy atom. The molecule has 1 aliphatic rings. The number of hydrogen-bond donors (Lipinski definition) is 0. The Labute approximate surface area is 141 Å². The summed E-state index contributed by atoms with van der Waals surface area (Å²) < 4.78 is 3.98. The summed E-state index contributed by atoms with van der Waals surface area (Å²) >= 11 is 3.46. The summed E-state index contributed by atoms with van der Waals surface area (Å²) in [4.78, 5) is 12.5. The average Bonchev–Trinajstić information content (AvgIpc) is 2.46. The predicted octanol–water partition coefficient (Wildman–Crippen LogP) is 3.73. The first-order chi connectivity index (χ1) is 10.4. The smallest absolute Gasteiger partial charge is 0.173 e. The molecule has 0 saturated heterocycles. The largest absolute Gasteiger partial charge is 0.293 e. The third-order valence-electron chi connectivity index (χ3n) is 3.08. The van der Waals surface area contributed by atoms with Crippen LogP contribution in [0.2, 0.25) is 0 Å². The first-order valence-corrected chi connectivity index (χ1v) is 8.67. The van der Waals surface area contributed by atoms with Crippen molar-refractivity contribution < 1.29 is 4.79 Å². The van der Waals surface area contributed by atoms with Gasteiger partial charge in [0.2, 0.25) is 0 Å². The van der Waals surface area contributed by atoms with Crippen LogP contribution in [-0.4, -0.2) is 46.7 Å². The van der Waals surface area contributed by atoms with Crippen LogP contribution in [0.1, 0.15) is 10.4 Å². The molecule has 0 aromatic heterocycles. The molecular weight excluding hydrogens is 312 g/mol. The summed E-state index contributed by atoms with van der Waals surface area (Å²) in [7, 11) is 8.13. The van der Waals surface area contributed by atoms with Crippen LogP contribution in [0, 0.1) is 5.92 Å². The number of ketones is 1. The molecule has 0 amide bonds. The van der Waals surface area contributed by atoms with Crippen molar-refractivity contribution >= 4 is 29.7 Å². The number of benzene rings is 1. The van der Waals surface area contributed by atoms with Crippen LogP contribution in [0.25, 0.3) is 0 Å². The van der Waals surface area contributed by atoms with Gasteiger partial charge in [-0.2, -0.15) is 0 Å². The van der Waals surface area contributed by atoms with Crippen molar-refractivity contribution in [2.75, 3.05) is 28.2 Å². The third-order valence-corrected chi connectivity index (χ3v) is 5.38. The molecule has 3 nitrogen and oxygen atoms in total. The zero-order valence-corrected chi connectivity index (χ0v) is 15.0. The van der Waals surface area contributed by atoms with E-state index in [-0.39, 0.29) is 15.8 Å². The summed E-state index contributed by atoms with van der Waals surface area (Å²) in [6.45, 7) is 0. The Hall–Kier alpha value is -1.01. The summed E-state index contributed by atoms with van der Waals surface area (Å²) in [6.07, 6.45) is 8.30. The highest BCUT2D eigenvalue weighted by Gasteiger charge is 2.32. The third kappa shape index (κ3) is 4.49. The second kappa shape index (κ2) is 7.51. The second-order valence-corrected chi connectivity index (χ2v) is 8.94. The van der Waals surface area contributed by atoms with Crippen LogP contribution in [0.3, 0.4) is 0 Å². The lowest BCUT2D eigenvalue weighted by Crippen LogP contribution is -2.27. The maximum Gasteiger partial charge on any atom is 0.173 e. The van der Waals surface area contributed by atoms with E-state index in [9.17, 15) is 4.79 Å². The SMILES string of the molecule is CN(C)SC1(SN(C)C)C=CC(C(=O)c2ccccc2)C=C1. The van der Waals surface area contributed by atoms with Crippen LogP contribution in [-0.2, 0) is 0 Å². The first kappa shape index (κ1) is 17.3. The number of allylic oxidation sites excluding steroid dienone is 2. The van der Waals surface area contributed by atoms with Crippen molar-refractivity contribution in [2.45, 2.75) is 4.08 Å². The minimum Gasteiger partial charge on any atom is -0.293 e. The minimum atomic E-state index is -0.194. The van der Waals surface area contributed by atoms with Crippen molar-refractivity contribution in [3.05, 3.63) is 60.2 Å².